The normalized spacial score (nSPS) is 10.5. The predicted molar refractivity (Wildman–Crippen MR) is 103 cm³/mol. The van der Waals surface area contributed by atoms with E-state index in [0.717, 1.165) is 27.7 Å². The quantitative estimate of drug-likeness (QED) is 0.699. The number of pyridine rings is 1. The number of carbonyl (C=O) groups excluding carboxylic acids is 2. The first kappa shape index (κ1) is 18.4. The van der Waals surface area contributed by atoms with E-state index in [1.807, 2.05) is 63.2 Å². The Morgan fingerprint density at radius 3 is 2.41 bits per heavy atom. The van der Waals surface area contributed by atoms with Crippen molar-refractivity contribution in [2.24, 2.45) is 0 Å². The molecule has 0 aliphatic rings. The smallest absolute Gasteiger partial charge is 0.276 e. The highest BCUT2D eigenvalue weighted by Gasteiger charge is 2.13. The van der Waals surface area contributed by atoms with Crippen LogP contribution in [-0.2, 0) is 4.79 Å². The Morgan fingerprint density at radius 2 is 1.67 bits per heavy atom. The van der Waals surface area contributed by atoms with Crippen LogP contribution in [0.2, 0.25) is 0 Å². The van der Waals surface area contributed by atoms with Gasteiger partial charge in [-0.3, -0.25) is 25.4 Å². The van der Waals surface area contributed by atoms with Crippen molar-refractivity contribution in [2.75, 3.05) is 6.61 Å². The summed E-state index contributed by atoms with van der Waals surface area (Å²) < 4.78 is 5.48. The number of nitrogens with one attached hydrogen (secondary N) is 2. The molecule has 0 atom stereocenters. The van der Waals surface area contributed by atoms with Gasteiger partial charge < -0.3 is 4.74 Å². The summed E-state index contributed by atoms with van der Waals surface area (Å²) in [6, 6.07) is 14.8. The SMILES string of the molecule is Cc1cc(C)cc(OCC(=O)NNC(=O)c2cc(C)nc3ccccc23)c1. The van der Waals surface area contributed by atoms with Crippen molar-refractivity contribution in [1.29, 1.82) is 0 Å². The second-order valence-corrected chi connectivity index (χ2v) is 6.44. The van der Waals surface area contributed by atoms with Crippen LogP contribution in [0.3, 0.4) is 0 Å². The zero-order valence-electron chi connectivity index (χ0n) is 15.5. The highest BCUT2D eigenvalue weighted by atomic mass is 16.5. The van der Waals surface area contributed by atoms with Crippen LogP contribution in [0.4, 0.5) is 0 Å². The van der Waals surface area contributed by atoms with E-state index in [1.54, 1.807) is 6.07 Å². The van der Waals surface area contributed by atoms with Gasteiger partial charge in [0.05, 0.1) is 11.1 Å². The van der Waals surface area contributed by atoms with E-state index < -0.39 is 11.8 Å². The molecule has 138 valence electrons. The first-order chi connectivity index (χ1) is 12.9. The molecule has 0 radical (unpaired) electrons. The Hall–Kier alpha value is -3.41. The minimum absolute atomic E-state index is 0.195. The number of aryl methyl sites for hydroxylation is 3. The highest BCUT2D eigenvalue weighted by Crippen LogP contribution is 2.18. The molecule has 27 heavy (non-hydrogen) atoms. The molecule has 0 aliphatic heterocycles. The summed E-state index contributed by atoms with van der Waals surface area (Å²) >= 11 is 0. The average Bonchev–Trinajstić information content (AvgIpc) is 2.63. The first-order valence-corrected chi connectivity index (χ1v) is 8.59. The lowest BCUT2D eigenvalue weighted by Crippen LogP contribution is -2.43. The monoisotopic (exact) mass is 363 g/mol. The molecule has 2 aromatic carbocycles. The van der Waals surface area contributed by atoms with Crippen molar-refractivity contribution in [1.82, 2.24) is 15.8 Å². The molecule has 0 fully saturated rings. The van der Waals surface area contributed by atoms with E-state index in [1.165, 1.54) is 0 Å². The van der Waals surface area contributed by atoms with Crippen molar-refractivity contribution in [2.45, 2.75) is 20.8 Å². The number of benzene rings is 2. The summed E-state index contributed by atoms with van der Waals surface area (Å²) in [7, 11) is 0. The number of hydrogen-bond donors (Lipinski definition) is 2. The van der Waals surface area contributed by atoms with E-state index >= 15 is 0 Å². The highest BCUT2D eigenvalue weighted by molar-refractivity contribution is 6.06. The molecule has 2 amide bonds. The third-order valence-electron chi connectivity index (χ3n) is 3.97. The molecular weight excluding hydrogens is 342 g/mol. The van der Waals surface area contributed by atoms with Crippen molar-refractivity contribution >= 4 is 22.7 Å². The van der Waals surface area contributed by atoms with E-state index in [4.69, 9.17) is 4.74 Å². The predicted octanol–water partition coefficient (Wildman–Crippen LogP) is 3.00. The third-order valence-corrected chi connectivity index (χ3v) is 3.97. The van der Waals surface area contributed by atoms with Crippen molar-refractivity contribution in [3.63, 3.8) is 0 Å². The maximum atomic E-state index is 12.5. The lowest BCUT2D eigenvalue weighted by molar-refractivity contribution is -0.123. The molecular formula is C21H21N3O3. The number of ether oxygens (including phenoxy) is 1. The van der Waals surface area contributed by atoms with Gasteiger partial charge in [0.15, 0.2) is 6.61 Å². The lowest BCUT2D eigenvalue weighted by Gasteiger charge is -2.11. The fourth-order valence-electron chi connectivity index (χ4n) is 2.89. The van der Waals surface area contributed by atoms with Crippen LogP contribution in [-0.4, -0.2) is 23.4 Å². The molecule has 0 spiro atoms. The largest absolute Gasteiger partial charge is 0.484 e. The molecule has 1 aromatic heterocycles. The molecule has 1 heterocycles. The molecule has 0 bridgehead atoms. The van der Waals surface area contributed by atoms with Gasteiger partial charge >= 0.3 is 0 Å². The molecule has 3 rings (SSSR count). The Bertz CT molecular complexity index is 994. The maximum Gasteiger partial charge on any atom is 0.276 e. The maximum absolute atomic E-state index is 12.5. The van der Waals surface area contributed by atoms with Crippen LogP contribution in [0.5, 0.6) is 5.75 Å². The van der Waals surface area contributed by atoms with Crippen molar-refractivity contribution in [3.05, 3.63) is 70.9 Å². The van der Waals surface area contributed by atoms with E-state index in [2.05, 4.69) is 15.8 Å². The number of carbonyl (C=O) groups is 2. The fraction of sp³-hybridized carbons (Fsp3) is 0.190. The average molecular weight is 363 g/mol. The van der Waals surface area contributed by atoms with Gasteiger partial charge in [-0.25, -0.2) is 0 Å². The fourth-order valence-corrected chi connectivity index (χ4v) is 2.89. The van der Waals surface area contributed by atoms with Gasteiger partial charge in [-0.1, -0.05) is 24.3 Å². The number of hydrogen-bond acceptors (Lipinski definition) is 4. The Kier molecular flexibility index (Phi) is 5.35. The Balaban J connectivity index is 1.61. The molecule has 0 saturated carbocycles. The minimum Gasteiger partial charge on any atom is -0.484 e. The molecule has 6 heteroatoms. The number of para-hydroxylation sites is 1. The Morgan fingerprint density at radius 1 is 0.963 bits per heavy atom. The zero-order valence-corrected chi connectivity index (χ0v) is 15.5. The summed E-state index contributed by atoms with van der Waals surface area (Å²) in [5, 5.41) is 0.723. The number of amides is 2. The summed E-state index contributed by atoms with van der Waals surface area (Å²) in [5.41, 5.74) is 8.83. The van der Waals surface area contributed by atoms with Gasteiger partial charge in [-0.15, -0.1) is 0 Å². The van der Waals surface area contributed by atoms with Crippen LogP contribution in [0, 0.1) is 20.8 Å². The standard InChI is InChI=1S/C21H21N3O3/c1-13-8-14(2)10-16(9-13)27-12-20(25)23-24-21(26)18-11-15(3)22-19-7-5-4-6-17(18)19/h4-11H,12H2,1-3H3,(H,23,25)(H,24,26). The van der Waals surface area contributed by atoms with E-state index in [-0.39, 0.29) is 6.61 Å². The van der Waals surface area contributed by atoms with Gasteiger partial charge in [-0.2, -0.15) is 0 Å². The third kappa shape index (κ3) is 4.61. The molecule has 0 aliphatic carbocycles. The van der Waals surface area contributed by atoms with Gasteiger partial charge in [0.1, 0.15) is 5.75 Å². The van der Waals surface area contributed by atoms with Crippen LogP contribution in [0.1, 0.15) is 27.2 Å². The molecule has 3 aromatic rings. The van der Waals surface area contributed by atoms with Gasteiger partial charge in [0, 0.05) is 11.1 Å². The number of nitrogens with zero attached hydrogens (tertiary/aromatic N) is 1. The summed E-state index contributed by atoms with van der Waals surface area (Å²) in [4.78, 5) is 28.9. The van der Waals surface area contributed by atoms with Gasteiger partial charge in [0.25, 0.3) is 11.8 Å². The zero-order chi connectivity index (χ0) is 19.4. The number of hydrazine groups is 1. The molecule has 0 saturated heterocycles. The topological polar surface area (TPSA) is 80.3 Å². The lowest BCUT2D eigenvalue weighted by atomic mass is 10.1. The van der Waals surface area contributed by atoms with Gasteiger partial charge in [0.2, 0.25) is 0 Å². The van der Waals surface area contributed by atoms with Crippen LogP contribution in [0.25, 0.3) is 10.9 Å². The second-order valence-electron chi connectivity index (χ2n) is 6.44. The van der Waals surface area contributed by atoms with Crippen LogP contribution in [0.15, 0.2) is 48.5 Å². The van der Waals surface area contributed by atoms with Crippen LogP contribution < -0.4 is 15.6 Å². The van der Waals surface area contributed by atoms with Crippen molar-refractivity contribution in [3.8, 4) is 5.75 Å². The number of aromatic nitrogens is 1. The number of fused-ring (bicyclic) bond motifs is 1. The molecule has 6 nitrogen and oxygen atoms in total. The van der Waals surface area contributed by atoms with Gasteiger partial charge in [-0.05, 0) is 56.2 Å². The summed E-state index contributed by atoms with van der Waals surface area (Å²) in [5.74, 6) is -0.237. The molecule has 0 unspecified atom stereocenters. The summed E-state index contributed by atoms with van der Waals surface area (Å²) in [6.45, 7) is 5.54. The van der Waals surface area contributed by atoms with Crippen LogP contribution >= 0.6 is 0 Å². The Labute approximate surface area is 157 Å². The van der Waals surface area contributed by atoms with E-state index in [0.29, 0.717) is 11.3 Å². The van der Waals surface area contributed by atoms with Crippen molar-refractivity contribution < 1.29 is 14.3 Å². The number of rotatable bonds is 4. The first-order valence-electron chi connectivity index (χ1n) is 8.59. The molecule has 2 N–H and O–H groups in total. The second kappa shape index (κ2) is 7.86. The minimum atomic E-state index is -0.447. The van der Waals surface area contributed by atoms with E-state index in [9.17, 15) is 9.59 Å². The summed E-state index contributed by atoms with van der Waals surface area (Å²) in [6.07, 6.45) is 0.